The molecule has 4 heteroatoms. The molecule has 0 N–H and O–H groups in total. The van der Waals surface area contributed by atoms with Crippen LogP contribution in [0.3, 0.4) is 0 Å². The zero-order valence-corrected chi connectivity index (χ0v) is 34.0. The van der Waals surface area contributed by atoms with Gasteiger partial charge >= 0.3 is 0 Å². The first kappa shape index (κ1) is 35.2. The van der Waals surface area contributed by atoms with Gasteiger partial charge < -0.3 is 4.57 Å². The summed E-state index contributed by atoms with van der Waals surface area (Å²) in [5.74, 6) is 0.642. The van der Waals surface area contributed by atoms with Gasteiger partial charge in [-0.1, -0.05) is 160 Å². The Morgan fingerprint density at radius 3 is 1.93 bits per heavy atom. The molecule has 0 saturated carbocycles. The number of hydrogen-bond donors (Lipinski definition) is 0. The number of benzene rings is 8. The van der Waals surface area contributed by atoms with Crippen molar-refractivity contribution in [3.63, 3.8) is 0 Å². The molecule has 288 valence electrons. The topological polar surface area (TPSA) is 35.6 Å². The van der Waals surface area contributed by atoms with E-state index in [1.807, 2.05) is 24.3 Å². The SMILES string of the molecule is C=C/C=C\c1cc2c(cc1-c1ccc3c(c1)c1ccccc1n3-c1ccc3c(c1)C(C)(C)c1ccccc1-3)c1ccccc1n2-c1nc(-c2ccccc2)c2ccccc2n1. The van der Waals surface area contributed by atoms with E-state index in [9.17, 15) is 0 Å². The van der Waals surface area contributed by atoms with Crippen molar-refractivity contribution in [1.29, 1.82) is 0 Å². The van der Waals surface area contributed by atoms with Gasteiger partial charge in [-0.2, -0.15) is 0 Å². The average molecular weight is 781 g/mol. The maximum Gasteiger partial charge on any atom is 0.235 e. The summed E-state index contributed by atoms with van der Waals surface area (Å²) in [6.07, 6.45) is 6.03. The standard InChI is InChI=1S/C57H40N4/c1-4-5-17-37-33-54-47(43-22-12-16-27-52(43)61(54)56-58-50-25-14-10-23-44(50)55(59-56)36-18-7-6-8-19-36)35-45(37)38-28-31-53-46(32-38)42-21-11-15-26-51(42)60(53)39-29-30-41-40-20-9-13-24-48(40)57(2,3)49(41)34-39/h4-35H,1H2,2-3H3/b17-5-. The number of rotatable bonds is 6. The van der Waals surface area contributed by atoms with Gasteiger partial charge in [0.05, 0.1) is 33.3 Å². The van der Waals surface area contributed by atoms with Crippen LogP contribution in [0.2, 0.25) is 0 Å². The van der Waals surface area contributed by atoms with Crippen LogP contribution in [0.1, 0.15) is 30.5 Å². The van der Waals surface area contributed by atoms with Crippen LogP contribution >= 0.6 is 0 Å². The molecule has 0 aliphatic heterocycles. The maximum absolute atomic E-state index is 5.33. The predicted molar refractivity (Wildman–Crippen MR) is 256 cm³/mol. The van der Waals surface area contributed by atoms with Crippen LogP contribution in [-0.4, -0.2) is 19.1 Å². The fraction of sp³-hybridized carbons (Fsp3) is 0.0526. The molecule has 0 spiro atoms. The zero-order chi connectivity index (χ0) is 40.8. The Morgan fingerprint density at radius 1 is 0.475 bits per heavy atom. The van der Waals surface area contributed by atoms with Crippen molar-refractivity contribution in [3.05, 3.63) is 211 Å². The molecule has 0 atom stereocenters. The summed E-state index contributed by atoms with van der Waals surface area (Å²) in [7, 11) is 0. The zero-order valence-electron chi connectivity index (χ0n) is 34.0. The molecule has 61 heavy (non-hydrogen) atoms. The lowest BCUT2D eigenvalue weighted by Gasteiger charge is -2.22. The van der Waals surface area contributed by atoms with Crippen LogP contribution < -0.4 is 0 Å². The van der Waals surface area contributed by atoms with E-state index in [4.69, 9.17) is 9.97 Å². The lowest BCUT2D eigenvalue weighted by Crippen LogP contribution is -2.15. The third kappa shape index (κ3) is 5.25. The van der Waals surface area contributed by atoms with Crippen LogP contribution in [0.5, 0.6) is 0 Å². The normalized spacial score (nSPS) is 13.2. The van der Waals surface area contributed by atoms with Crippen molar-refractivity contribution in [2.45, 2.75) is 19.3 Å². The molecule has 12 rings (SSSR count). The second-order valence-electron chi connectivity index (χ2n) is 16.6. The molecule has 3 aromatic heterocycles. The summed E-state index contributed by atoms with van der Waals surface area (Å²) in [6, 6.07) is 63.6. The third-order valence-corrected chi connectivity index (χ3v) is 12.9. The minimum absolute atomic E-state index is 0.0877. The van der Waals surface area contributed by atoms with Crippen LogP contribution in [-0.2, 0) is 5.41 Å². The molecule has 0 bridgehead atoms. The first-order valence-corrected chi connectivity index (χ1v) is 21.0. The monoisotopic (exact) mass is 780 g/mol. The highest BCUT2D eigenvalue weighted by molar-refractivity contribution is 6.13. The Balaban J connectivity index is 1.07. The second-order valence-corrected chi connectivity index (χ2v) is 16.6. The van der Waals surface area contributed by atoms with Gasteiger partial charge in [-0.15, -0.1) is 0 Å². The Kier molecular flexibility index (Phi) is 7.69. The summed E-state index contributed by atoms with van der Waals surface area (Å²) in [5.41, 5.74) is 17.2. The van der Waals surface area contributed by atoms with E-state index in [-0.39, 0.29) is 5.41 Å². The molecule has 1 aliphatic rings. The summed E-state index contributed by atoms with van der Waals surface area (Å²) >= 11 is 0. The first-order chi connectivity index (χ1) is 30.0. The predicted octanol–water partition coefficient (Wildman–Crippen LogP) is 14.7. The highest BCUT2D eigenvalue weighted by Gasteiger charge is 2.35. The van der Waals surface area contributed by atoms with Gasteiger partial charge in [0.2, 0.25) is 5.95 Å². The molecule has 4 nitrogen and oxygen atoms in total. The molecule has 0 saturated heterocycles. The molecular formula is C57H40N4. The molecule has 11 aromatic rings. The fourth-order valence-electron chi connectivity index (χ4n) is 10.0. The lowest BCUT2D eigenvalue weighted by atomic mass is 9.82. The molecule has 3 heterocycles. The van der Waals surface area contributed by atoms with E-state index in [0.29, 0.717) is 5.95 Å². The Hall–Kier alpha value is -7.82. The van der Waals surface area contributed by atoms with Crippen molar-refractivity contribution in [3.8, 4) is 45.1 Å². The molecule has 0 radical (unpaired) electrons. The largest absolute Gasteiger partial charge is 0.309 e. The molecule has 0 unspecified atom stereocenters. The highest BCUT2D eigenvalue weighted by atomic mass is 15.2. The van der Waals surface area contributed by atoms with Gasteiger partial charge in [-0.05, 0) is 93.5 Å². The van der Waals surface area contributed by atoms with Crippen molar-refractivity contribution < 1.29 is 0 Å². The van der Waals surface area contributed by atoms with Crippen molar-refractivity contribution >= 4 is 60.6 Å². The highest BCUT2D eigenvalue weighted by Crippen LogP contribution is 2.50. The van der Waals surface area contributed by atoms with Crippen molar-refractivity contribution in [1.82, 2.24) is 19.1 Å². The van der Waals surface area contributed by atoms with Gasteiger partial charge in [0.15, 0.2) is 0 Å². The third-order valence-electron chi connectivity index (χ3n) is 12.9. The van der Waals surface area contributed by atoms with Gasteiger partial charge in [-0.3, -0.25) is 4.57 Å². The van der Waals surface area contributed by atoms with Gasteiger partial charge in [0, 0.05) is 43.6 Å². The van der Waals surface area contributed by atoms with Crippen molar-refractivity contribution in [2.24, 2.45) is 0 Å². The van der Waals surface area contributed by atoms with Gasteiger partial charge in [0.1, 0.15) is 0 Å². The molecule has 0 fully saturated rings. The first-order valence-electron chi connectivity index (χ1n) is 21.0. The Bertz CT molecular complexity index is 3640. The molecule has 1 aliphatic carbocycles. The second kappa shape index (κ2) is 13.4. The van der Waals surface area contributed by atoms with E-state index in [1.165, 1.54) is 49.7 Å². The number of hydrogen-bond acceptors (Lipinski definition) is 2. The summed E-state index contributed by atoms with van der Waals surface area (Å²) in [6.45, 7) is 8.74. The Morgan fingerprint density at radius 2 is 1.13 bits per heavy atom. The minimum atomic E-state index is -0.0877. The number of allylic oxidation sites excluding steroid dienone is 2. The van der Waals surface area contributed by atoms with Gasteiger partial charge in [0.25, 0.3) is 0 Å². The lowest BCUT2D eigenvalue weighted by molar-refractivity contribution is 0.660. The average Bonchev–Trinajstić information content (AvgIpc) is 3.90. The number of nitrogens with zero attached hydrogens (tertiary/aromatic N) is 4. The van der Waals surface area contributed by atoms with Crippen LogP contribution in [0.4, 0.5) is 0 Å². The van der Waals surface area contributed by atoms with E-state index >= 15 is 0 Å². The van der Waals surface area contributed by atoms with Crippen LogP contribution in [0, 0.1) is 0 Å². The van der Waals surface area contributed by atoms with Crippen LogP contribution in [0.15, 0.2) is 195 Å². The van der Waals surface area contributed by atoms with E-state index in [1.54, 1.807) is 0 Å². The van der Waals surface area contributed by atoms with Crippen LogP contribution in [0.25, 0.3) is 106 Å². The van der Waals surface area contributed by atoms with E-state index in [2.05, 4.69) is 199 Å². The van der Waals surface area contributed by atoms with E-state index in [0.717, 1.165) is 60.7 Å². The molecule has 8 aromatic carbocycles. The van der Waals surface area contributed by atoms with Gasteiger partial charge in [-0.25, -0.2) is 9.97 Å². The summed E-state index contributed by atoms with van der Waals surface area (Å²) < 4.78 is 4.67. The molecule has 0 amide bonds. The minimum Gasteiger partial charge on any atom is -0.309 e. The summed E-state index contributed by atoms with van der Waals surface area (Å²) in [5, 5.41) is 5.76. The van der Waals surface area contributed by atoms with Crippen molar-refractivity contribution in [2.75, 3.05) is 0 Å². The number of aromatic nitrogens is 4. The number of para-hydroxylation sites is 3. The molecular weight excluding hydrogens is 741 g/mol. The number of fused-ring (bicyclic) bond motifs is 10. The fourth-order valence-corrected chi connectivity index (χ4v) is 10.0. The smallest absolute Gasteiger partial charge is 0.235 e. The van der Waals surface area contributed by atoms with E-state index < -0.39 is 0 Å². The Labute approximate surface area is 354 Å². The maximum atomic E-state index is 5.33. The quantitative estimate of drug-likeness (QED) is 0.158. The summed E-state index contributed by atoms with van der Waals surface area (Å²) in [4.78, 5) is 10.5.